The number of rotatable bonds is 5. The van der Waals surface area contributed by atoms with Gasteiger partial charge >= 0.3 is 5.97 Å². The van der Waals surface area contributed by atoms with E-state index in [1.807, 2.05) is 0 Å². The van der Waals surface area contributed by atoms with E-state index in [2.05, 4.69) is 10.1 Å². The Balaban J connectivity index is 2.32. The topological polar surface area (TPSA) is 82.8 Å². The summed E-state index contributed by atoms with van der Waals surface area (Å²) < 4.78 is 15.2. The number of nitrogens with one attached hydrogen (secondary N) is 1. The molecule has 0 atom stereocenters. The van der Waals surface area contributed by atoms with Crippen molar-refractivity contribution < 1.29 is 19.0 Å². The Morgan fingerprint density at radius 1 is 1.00 bits per heavy atom. The zero-order valence-corrected chi connectivity index (χ0v) is 12.7. The monoisotopic (exact) mass is 302 g/mol. The minimum atomic E-state index is -0.433. The minimum Gasteiger partial charge on any atom is -0.497 e. The summed E-state index contributed by atoms with van der Waals surface area (Å²) in [4.78, 5) is 11.5. The van der Waals surface area contributed by atoms with E-state index in [0.717, 1.165) is 0 Å². The standard InChI is InChI=1S/C16H18N2O4/c1-20-11-5-7-15(21-2)14(9-11)18-13-6-4-10(8-12(13)17)16(19)22-3/h4-9,18H,17H2,1-3H3. The van der Waals surface area contributed by atoms with Gasteiger partial charge in [-0.1, -0.05) is 0 Å². The molecule has 0 unspecified atom stereocenters. The number of nitrogen functional groups attached to an aromatic ring is 1. The number of carbonyl (C=O) groups is 1. The molecule has 0 radical (unpaired) electrons. The number of hydrogen-bond donors (Lipinski definition) is 2. The van der Waals surface area contributed by atoms with E-state index in [-0.39, 0.29) is 0 Å². The van der Waals surface area contributed by atoms with Crippen molar-refractivity contribution in [2.45, 2.75) is 0 Å². The maximum atomic E-state index is 11.5. The van der Waals surface area contributed by atoms with Crippen LogP contribution in [0.2, 0.25) is 0 Å². The lowest BCUT2D eigenvalue weighted by atomic mass is 10.1. The second-order valence-corrected chi connectivity index (χ2v) is 4.48. The van der Waals surface area contributed by atoms with Crippen molar-refractivity contribution in [1.29, 1.82) is 0 Å². The smallest absolute Gasteiger partial charge is 0.337 e. The molecule has 0 spiro atoms. The van der Waals surface area contributed by atoms with Crippen LogP contribution in [0.25, 0.3) is 0 Å². The molecule has 3 N–H and O–H groups in total. The highest BCUT2D eigenvalue weighted by Gasteiger charge is 2.10. The Labute approximate surface area is 128 Å². The van der Waals surface area contributed by atoms with E-state index in [1.54, 1.807) is 50.6 Å². The van der Waals surface area contributed by atoms with Gasteiger partial charge in [0.1, 0.15) is 11.5 Å². The number of anilines is 3. The predicted octanol–water partition coefficient (Wildman–Crippen LogP) is 2.82. The average Bonchev–Trinajstić information content (AvgIpc) is 2.55. The first kappa shape index (κ1) is 15.5. The second kappa shape index (κ2) is 6.71. The highest BCUT2D eigenvalue weighted by atomic mass is 16.5. The molecule has 0 saturated heterocycles. The van der Waals surface area contributed by atoms with Crippen molar-refractivity contribution >= 4 is 23.0 Å². The number of hydrogen-bond acceptors (Lipinski definition) is 6. The molecular formula is C16H18N2O4. The van der Waals surface area contributed by atoms with Crippen LogP contribution in [-0.2, 0) is 4.74 Å². The van der Waals surface area contributed by atoms with E-state index in [4.69, 9.17) is 15.2 Å². The lowest BCUT2D eigenvalue weighted by molar-refractivity contribution is 0.0601. The largest absolute Gasteiger partial charge is 0.497 e. The molecule has 0 aromatic heterocycles. The van der Waals surface area contributed by atoms with Crippen LogP contribution in [-0.4, -0.2) is 27.3 Å². The van der Waals surface area contributed by atoms with Gasteiger partial charge in [0.05, 0.1) is 44.0 Å². The highest BCUT2D eigenvalue weighted by Crippen LogP contribution is 2.33. The van der Waals surface area contributed by atoms with E-state index in [9.17, 15) is 4.79 Å². The quantitative estimate of drug-likeness (QED) is 0.653. The molecule has 2 aromatic rings. The van der Waals surface area contributed by atoms with Gasteiger partial charge in [0.2, 0.25) is 0 Å². The zero-order chi connectivity index (χ0) is 16.1. The molecule has 2 aromatic carbocycles. The molecule has 22 heavy (non-hydrogen) atoms. The van der Waals surface area contributed by atoms with Gasteiger partial charge < -0.3 is 25.3 Å². The summed E-state index contributed by atoms with van der Waals surface area (Å²) in [5.41, 5.74) is 8.16. The number of ether oxygens (including phenoxy) is 3. The number of methoxy groups -OCH3 is 3. The first-order valence-corrected chi connectivity index (χ1v) is 6.56. The fraction of sp³-hybridized carbons (Fsp3) is 0.188. The van der Waals surface area contributed by atoms with Crippen molar-refractivity contribution in [3.63, 3.8) is 0 Å². The molecule has 6 heteroatoms. The van der Waals surface area contributed by atoms with Crippen LogP contribution < -0.4 is 20.5 Å². The first-order chi connectivity index (χ1) is 10.6. The summed E-state index contributed by atoms with van der Waals surface area (Å²) in [6.45, 7) is 0. The van der Waals surface area contributed by atoms with Crippen molar-refractivity contribution in [2.24, 2.45) is 0 Å². The van der Waals surface area contributed by atoms with Gasteiger partial charge in [-0.3, -0.25) is 0 Å². The Morgan fingerprint density at radius 3 is 2.36 bits per heavy atom. The third-order valence-electron chi connectivity index (χ3n) is 3.15. The number of esters is 1. The van der Waals surface area contributed by atoms with Gasteiger partial charge in [-0.25, -0.2) is 4.79 Å². The van der Waals surface area contributed by atoms with Crippen molar-refractivity contribution in [3.05, 3.63) is 42.0 Å². The molecule has 116 valence electrons. The summed E-state index contributed by atoms with van der Waals surface area (Å²) >= 11 is 0. The van der Waals surface area contributed by atoms with Crippen LogP contribution >= 0.6 is 0 Å². The van der Waals surface area contributed by atoms with E-state index < -0.39 is 5.97 Å². The summed E-state index contributed by atoms with van der Waals surface area (Å²) in [5, 5.41) is 3.17. The number of carbonyl (C=O) groups excluding carboxylic acids is 1. The normalized spacial score (nSPS) is 9.95. The zero-order valence-electron chi connectivity index (χ0n) is 12.7. The number of benzene rings is 2. The molecule has 0 saturated carbocycles. The van der Waals surface area contributed by atoms with Gasteiger partial charge in [0.25, 0.3) is 0 Å². The van der Waals surface area contributed by atoms with E-state index in [1.165, 1.54) is 7.11 Å². The van der Waals surface area contributed by atoms with Crippen molar-refractivity contribution in [2.75, 3.05) is 32.4 Å². The van der Waals surface area contributed by atoms with Gasteiger partial charge in [-0.2, -0.15) is 0 Å². The minimum absolute atomic E-state index is 0.392. The molecule has 0 bridgehead atoms. The molecule has 0 aliphatic rings. The van der Waals surface area contributed by atoms with Crippen molar-refractivity contribution in [3.8, 4) is 11.5 Å². The average molecular weight is 302 g/mol. The maximum Gasteiger partial charge on any atom is 0.337 e. The third kappa shape index (κ3) is 3.22. The second-order valence-electron chi connectivity index (χ2n) is 4.48. The summed E-state index contributed by atoms with van der Waals surface area (Å²) in [5.74, 6) is 0.905. The Hall–Kier alpha value is -2.89. The molecule has 0 amide bonds. The summed E-state index contributed by atoms with van der Waals surface area (Å²) in [6.07, 6.45) is 0. The number of nitrogens with two attached hydrogens (primary N) is 1. The highest BCUT2D eigenvalue weighted by molar-refractivity contribution is 5.92. The Bertz CT molecular complexity index is 686. The third-order valence-corrected chi connectivity index (χ3v) is 3.15. The molecule has 0 heterocycles. The molecule has 2 rings (SSSR count). The fourth-order valence-electron chi connectivity index (χ4n) is 1.98. The van der Waals surface area contributed by atoms with Gasteiger partial charge in [-0.15, -0.1) is 0 Å². The SMILES string of the molecule is COC(=O)c1ccc(Nc2cc(OC)ccc2OC)c(N)c1. The van der Waals surface area contributed by atoms with E-state index in [0.29, 0.717) is 34.1 Å². The van der Waals surface area contributed by atoms with Crippen LogP contribution in [0.1, 0.15) is 10.4 Å². The van der Waals surface area contributed by atoms with Crippen LogP contribution in [0.15, 0.2) is 36.4 Å². The van der Waals surface area contributed by atoms with Crippen LogP contribution in [0, 0.1) is 0 Å². The lowest BCUT2D eigenvalue weighted by Gasteiger charge is -2.14. The summed E-state index contributed by atoms with van der Waals surface area (Å²) in [7, 11) is 4.49. The lowest BCUT2D eigenvalue weighted by Crippen LogP contribution is -2.04. The molecule has 0 aliphatic carbocycles. The van der Waals surface area contributed by atoms with Gasteiger partial charge in [0.15, 0.2) is 0 Å². The van der Waals surface area contributed by atoms with E-state index >= 15 is 0 Å². The molecule has 0 fully saturated rings. The summed E-state index contributed by atoms with van der Waals surface area (Å²) in [6, 6.07) is 10.3. The Morgan fingerprint density at radius 2 is 1.77 bits per heavy atom. The molecular weight excluding hydrogens is 284 g/mol. The Kier molecular flexibility index (Phi) is 4.73. The first-order valence-electron chi connectivity index (χ1n) is 6.56. The van der Waals surface area contributed by atoms with Gasteiger partial charge in [-0.05, 0) is 30.3 Å². The van der Waals surface area contributed by atoms with Crippen molar-refractivity contribution in [1.82, 2.24) is 0 Å². The van der Waals surface area contributed by atoms with Crippen LogP contribution in [0.3, 0.4) is 0 Å². The predicted molar refractivity (Wildman–Crippen MR) is 85.0 cm³/mol. The van der Waals surface area contributed by atoms with Crippen LogP contribution in [0.5, 0.6) is 11.5 Å². The molecule has 6 nitrogen and oxygen atoms in total. The van der Waals surface area contributed by atoms with Gasteiger partial charge in [0, 0.05) is 6.07 Å². The van der Waals surface area contributed by atoms with Crippen LogP contribution in [0.4, 0.5) is 17.1 Å². The molecule has 0 aliphatic heterocycles. The maximum absolute atomic E-state index is 11.5. The fourth-order valence-corrected chi connectivity index (χ4v) is 1.98.